The summed E-state index contributed by atoms with van der Waals surface area (Å²) in [6.07, 6.45) is 0. The molecule has 0 aliphatic rings. The number of carbonyl (C=O) groups is 1. The lowest BCUT2D eigenvalue weighted by atomic mass is 10.2. The first kappa shape index (κ1) is 12.3. The molecule has 14 heavy (non-hydrogen) atoms. The molecular formula is C6H5I2N2O3P. The maximum Gasteiger partial charge on any atom is 0.337 e. The van der Waals surface area contributed by atoms with Gasteiger partial charge in [-0.1, -0.05) is 0 Å². The van der Waals surface area contributed by atoms with Crippen LogP contribution in [0.2, 0.25) is 0 Å². The summed E-state index contributed by atoms with van der Waals surface area (Å²) in [4.78, 5) is 21.4. The first-order valence-corrected chi connectivity index (χ1v) is 6.05. The summed E-state index contributed by atoms with van der Waals surface area (Å²) >= 11 is 3.89. The van der Waals surface area contributed by atoms with Crippen LogP contribution < -0.4 is 0 Å². The Balaban J connectivity index is 3.62. The van der Waals surface area contributed by atoms with Crippen LogP contribution in [0.25, 0.3) is 0 Å². The third kappa shape index (κ3) is 1.94. The van der Waals surface area contributed by atoms with Crippen molar-refractivity contribution in [3.05, 3.63) is 22.9 Å². The molecule has 0 spiro atoms. The summed E-state index contributed by atoms with van der Waals surface area (Å²) in [7, 11) is 2.22. The first-order valence-electron chi connectivity index (χ1n) is 3.38. The highest BCUT2D eigenvalue weighted by atomic mass is 127. The maximum atomic E-state index is 11.2. The molecule has 1 aromatic heterocycles. The Bertz CT molecular complexity index is 392. The molecule has 1 rings (SSSR count). The first-order chi connectivity index (χ1) is 6.37. The molecule has 1 atom stereocenters. The highest BCUT2D eigenvalue weighted by Crippen LogP contribution is 2.33. The normalized spacial score (nSPS) is 10.3. The highest BCUT2D eigenvalue weighted by molar-refractivity contribution is 14.1. The Kier molecular flexibility index (Phi) is 3.87. The Morgan fingerprint density at radius 3 is 2.36 bits per heavy atom. The van der Waals surface area contributed by atoms with Gasteiger partial charge in [-0.2, -0.15) is 0 Å². The topological polar surface area (TPSA) is 65.1 Å². The fourth-order valence-electron chi connectivity index (χ4n) is 1.01. The molecule has 0 aliphatic heterocycles. The number of halogens is 2. The van der Waals surface area contributed by atoms with Gasteiger partial charge in [0.2, 0.25) is 0 Å². The molecule has 0 aromatic carbocycles. The molecule has 0 radical (unpaired) electrons. The fraction of sp³-hybridized carbons (Fsp3) is 0.167. The van der Waals surface area contributed by atoms with Crippen LogP contribution in [-0.4, -0.2) is 15.0 Å². The number of aromatic nitrogens is 1. The summed E-state index contributed by atoms with van der Waals surface area (Å²) in [5.74, 6) is -0.462. The van der Waals surface area contributed by atoms with Gasteiger partial charge in [0.15, 0.2) is 9.48 Å². The van der Waals surface area contributed by atoms with Crippen LogP contribution in [0.15, 0.2) is 0 Å². The molecular weight excluding hydrogens is 433 g/mol. The number of ketones is 1. The molecule has 1 aromatic rings. The zero-order chi connectivity index (χ0) is 11.0. The molecule has 0 saturated carbocycles. The number of Topliss-reactive ketones (excluding diaryl/α,β-unsaturated/α-hetero) is 1. The molecule has 0 bridgehead atoms. The number of hydrogen-bond acceptors (Lipinski definition) is 3. The minimum Gasteiger partial charge on any atom is -0.358 e. The Hall–Kier alpha value is 0.240. The van der Waals surface area contributed by atoms with Crippen LogP contribution in [0, 0.1) is 17.4 Å². The highest BCUT2D eigenvalue weighted by Gasteiger charge is 2.29. The Morgan fingerprint density at radius 1 is 1.57 bits per heavy atom. The molecule has 8 heteroatoms. The van der Waals surface area contributed by atoms with Crippen molar-refractivity contribution in [3.63, 3.8) is 0 Å². The van der Waals surface area contributed by atoms with Crippen molar-refractivity contribution in [2.75, 3.05) is 0 Å². The number of hydrogen-bond donors (Lipinski definition) is 0. The van der Waals surface area contributed by atoms with Gasteiger partial charge in [0.1, 0.15) is 5.56 Å². The van der Waals surface area contributed by atoms with Crippen molar-refractivity contribution in [1.29, 1.82) is 0 Å². The van der Waals surface area contributed by atoms with Gasteiger partial charge in [-0.15, -0.1) is 0 Å². The van der Waals surface area contributed by atoms with Crippen LogP contribution in [0.4, 0.5) is 5.82 Å². The third-order valence-electron chi connectivity index (χ3n) is 1.59. The van der Waals surface area contributed by atoms with Gasteiger partial charge in [-0.3, -0.25) is 4.79 Å². The third-order valence-corrected chi connectivity index (χ3v) is 5.76. The molecule has 5 nitrogen and oxygen atoms in total. The Labute approximate surface area is 109 Å². The minimum atomic E-state index is -0.548. The van der Waals surface area contributed by atoms with Crippen LogP contribution in [0.5, 0.6) is 0 Å². The summed E-state index contributed by atoms with van der Waals surface area (Å²) in [5.41, 5.74) is 0.176. The SMILES string of the molecule is CC(=O)c1c(I)c(I)n(P)c1[N+](=O)[O-]. The Morgan fingerprint density at radius 2 is 2.07 bits per heavy atom. The van der Waals surface area contributed by atoms with E-state index < -0.39 is 4.92 Å². The van der Waals surface area contributed by atoms with Crippen LogP contribution in [0.1, 0.15) is 17.3 Å². The van der Waals surface area contributed by atoms with E-state index in [1.807, 2.05) is 45.2 Å². The van der Waals surface area contributed by atoms with Crippen LogP contribution in [0.3, 0.4) is 0 Å². The second kappa shape index (κ2) is 4.40. The van der Waals surface area contributed by atoms with E-state index in [2.05, 4.69) is 9.39 Å². The molecule has 0 amide bonds. The van der Waals surface area contributed by atoms with Crippen molar-refractivity contribution in [2.24, 2.45) is 0 Å². The van der Waals surface area contributed by atoms with Crippen LogP contribution >= 0.6 is 54.6 Å². The molecule has 76 valence electrons. The minimum absolute atomic E-state index is 0.170. The second-order valence-electron chi connectivity index (χ2n) is 2.49. The molecule has 0 saturated heterocycles. The molecule has 0 fully saturated rings. The van der Waals surface area contributed by atoms with Crippen molar-refractivity contribution >= 4 is 66.2 Å². The van der Waals surface area contributed by atoms with Gasteiger partial charge in [0, 0.05) is 22.6 Å². The fourth-order valence-corrected chi connectivity index (χ4v) is 3.01. The number of carbonyl (C=O) groups excluding carboxylic acids is 1. The van der Waals surface area contributed by atoms with Crippen molar-refractivity contribution in [3.8, 4) is 0 Å². The summed E-state index contributed by atoms with van der Waals surface area (Å²) in [6, 6.07) is 0. The van der Waals surface area contributed by atoms with Crippen molar-refractivity contribution < 1.29 is 9.72 Å². The lowest BCUT2D eigenvalue weighted by molar-refractivity contribution is -0.390. The van der Waals surface area contributed by atoms with E-state index in [0.29, 0.717) is 7.27 Å². The molecule has 1 heterocycles. The van der Waals surface area contributed by atoms with Crippen molar-refractivity contribution in [1.82, 2.24) is 4.34 Å². The van der Waals surface area contributed by atoms with Gasteiger partial charge in [0.05, 0.1) is 13.0 Å². The van der Waals surface area contributed by atoms with Crippen molar-refractivity contribution in [2.45, 2.75) is 6.92 Å². The maximum absolute atomic E-state index is 11.2. The lowest BCUT2D eigenvalue weighted by Gasteiger charge is -1.96. The van der Waals surface area contributed by atoms with Gasteiger partial charge in [-0.25, -0.2) is 4.34 Å². The van der Waals surface area contributed by atoms with E-state index in [1.54, 1.807) is 0 Å². The van der Waals surface area contributed by atoms with Gasteiger partial charge in [0.25, 0.3) is 0 Å². The number of nitro groups is 1. The van der Waals surface area contributed by atoms with Gasteiger partial charge < -0.3 is 10.1 Å². The molecule has 1 unspecified atom stereocenters. The summed E-state index contributed by atoms with van der Waals surface area (Å²) in [6.45, 7) is 1.32. The predicted octanol–water partition coefficient (Wildman–Crippen LogP) is 2.45. The number of nitrogens with zero attached hydrogens (tertiary/aromatic N) is 2. The van der Waals surface area contributed by atoms with Gasteiger partial charge in [-0.05, 0) is 34.4 Å². The quantitative estimate of drug-likeness (QED) is 0.235. The van der Waals surface area contributed by atoms with E-state index >= 15 is 0 Å². The average molecular weight is 438 g/mol. The lowest BCUT2D eigenvalue weighted by Crippen LogP contribution is -2.00. The van der Waals surface area contributed by atoms with E-state index in [1.165, 1.54) is 11.3 Å². The molecule has 0 N–H and O–H groups in total. The summed E-state index contributed by atoms with van der Waals surface area (Å²) in [5, 5.41) is 10.7. The van der Waals surface area contributed by atoms with Crippen LogP contribution in [-0.2, 0) is 0 Å². The van der Waals surface area contributed by atoms with Gasteiger partial charge >= 0.3 is 5.82 Å². The monoisotopic (exact) mass is 438 g/mol. The van der Waals surface area contributed by atoms with E-state index in [0.717, 1.165) is 0 Å². The standard InChI is InChI=1S/C6H5I2N2O3P/c1-2(11)3-4(7)5(8)9(14)6(3)10(12)13/h14H2,1H3. The summed E-state index contributed by atoms with van der Waals surface area (Å²) < 4.78 is 2.63. The molecule has 0 aliphatic carbocycles. The number of rotatable bonds is 2. The smallest absolute Gasteiger partial charge is 0.337 e. The zero-order valence-electron chi connectivity index (χ0n) is 6.95. The van der Waals surface area contributed by atoms with E-state index in [-0.39, 0.29) is 17.2 Å². The second-order valence-corrected chi connectivity index (χ2v) is 5.10. The van der Waals surface area contributed by atoms with E-state index in [4.69, 9.17) is 0 Å². The predicted molar refractivity (Wildman–Crippen MR) is 71.6 cm³/mol. The largest absolute Gasteiger partial charge is 0.358 e. The van der Waals surface area contributed by atoms with E-state index in [9.17, 15) is 14.9 Å². The average Bonchev–Trinajstić information content (AvgIpc) is 2.29. The zero-order valence-corrected chi connectivity index (χ0v) is 12.4.